The smallest absolute Gasteiger partial charge is 0.274 e. The van der Waals surface area contributed by atoms with Crippen molar-refractivity contribution in [2.45, 2.75) is 69.1 Å². The number of benzene rings is 1. The molecule has 11 nitrogen and oxygen atoms in total. The van der Waals surface area contributed by atoms with Crippen molar-refractivity contribution >= 4 is 46.0 Å². The van der Waals surface area contributed by atoms with Gasteiger partial charge in [-0.15, -0.1) is 0 Å². The number of likely N-dealkylation sites (tertiary alicyclic amines) is 1. The van der Waals surface area contributed by atoms with E-state index in [9.17, 15) is 9.59 Å². The van der Waals surface area contributed by atoms with Crippen LogP contribution in [0.3, 0.4) is 0 Å². The molecule has 2 amide bonds. The van der Waals surface area contributed by atoms with Crippen LogP contribution in [-0.4, -0.2) is 101 Å². The molecule has 2 aliphatic heterocycles. The molecule has 4 rings (SSSR count). The van der Waals surface area contributed by atoms with E-state index < -0.39 is 11.9 Å². The summed E-state index contributed by atoms with van der Waals surface area (Å²) in [5, 5.41) is 11.9. The highest BCUT2D eigenvalue weighted by Gasteiger charge is 2.34. The highest BCUT2D eigenvalue weighted by Crippen LogP contribution is 2.27. The first-order valence-corrected chi connectivity index (χ1v) is 16.7. The molecule has 1 unspecified atom stereocenters. The highest BCUT2D eigenvalue weighted by molar-refractivity contribution is 14.1. The number of likely N-dealkylation sites (N-methyl/N-ethyl adjacent to an activating group) is 1. The van der Waals surface area contributed by atoms with Crippen LogP contribution in [0.1, 0.15) is 67.3 Å². The second-order valence-corrected chi connectivity index (χ2v) is 12.3. The quantitative estimate of drug-likeness (QED) is 0.253. The topological polar surface area (TPSA) is 135 Å². The zero-order valence-electron chi connectivity index (χ0n) is 25.7. The number of rotatable bonds is 12. The molecule has 0 bridgehead atoms. The summed E-state index contributed by atoms with van der Waals surface area (Å²) in [4.78, 5) is 43.6. The normalized spacial score (nSPS) is 20.0. The Hall–Kier alpha value is -3.02. The first-order valence-electron chi connectivity index (χ1n) is 15.2. The van der Waals surface area contributed by atoms with Crippen LogP contribution in [0, 0.1) is 11.3 Å². The Morgan fingerprint density at radius 2 is 1.98 bits per heavy atom. The number of nitrogen functional groups attached to an aromatic ring is 1. The van der Waals surface area contributed by atoms with Crippen LogP contribution in [0.2, 0.25) is 0 Å². The molecule has 0 saturated carbocycles. The number of carbonyl (C=O) groups is 2. The number of hydrogen-bond acceptors (Lipinski definition) is 9. The predicted octanol–water partition coefficient (Wildman–Crippen LogP) is 3.03. The van der Waals surface area contributed by atoms with Gasteiger partial charge in [-0.05, 0) is 57.0 Å². The van der Waals surface area contributed by atoms with Crippen molar-refractivity contribution in [3.05, 3.63) is 46.8 Å². The zero-order valence-corrected chi connectivity index (χ0v) is 27.9. The maximum absolute atomic E-state index is 13.0. The number of amides is 2. The van der Waals surface area contributed by atoms with Crippen LogP contribution in [0.25, 0.3) is 0 Å². The molecular weight excluding hydrogens is 657 g/mol. The fraction of sp³-hybridized carbons (Fsp3) is 0.581. The minimum Gasteiger partial charge on any atom is -0.382 e. The first kappa shape index (κ1) is 32.9. The van der Waals surface area contributed by atoms with Gasteiger partial charge >= 0.3 is 0 Å². The second kappa shape index (κ2) is 15.1. The Kier molecular flexibility index (Phi) is 11.6. The van der Waals surface area contributed by atoms with Crippen molar-refractivity contribution in [3.63, 3.8) is 0 Å². The largest absolute Gasteiger partial charge is 0.382 e. The average molecular weight is 702 g/mol. The van der Waals surface area contributed by atoms with E-state index in [1.165, 1.54) is 5.56 Å². The van der Waals surface area contributed by atoms with Crippen molar-refractivity contribution in [3.8, 4) is 6.07 Å². The fourth-order valence-corrected chi connectivity index (χ4v) is 6.51. The number of nitrogens with two attached hydrogens (primary N) is 1. The molecule has 3 heterocycles. The molecule has 2 aromatic rings. The van der Waals surface area contributed by atoms with E-state index in [-0.39, 0.29) is 17.4 Å². The van der Waals surface area contributed by atoms with E-state index in [0.717, 1.165) is 63.6 Å². The molecule has 2 fully saturated rings. The molecule has 43 heavy (non-hydrogen) atoms. The number of piperazine rings is 1. The molecule has 12 heteroatoms. The average Bonchev–Trinajstić information content (AvgIpc) is 3.34. The molecule has 0 aliphatic carbocycles. The van der Waals surface area contributed by atoms with Gasteiger partial charge in [-0.1, -0.05) is 48.6 Å². The Balaban J connectivity index is 1.38. The van der Waals surface area contributed by atoms with Crippen molar-refractivity contribution in [2.24, 2.45) is 0 Å². The molecule has 1 aromatic carbocycles. The number of nitrogens with one attached hydrogen (secondary N) is 1. The molecule has 2 aliphatic rings. The Morgan fingerprint density at radius 1 is 1.23 bits per heavy atom. The predicted molar refractivity (Wildman–Crippen MR) is 177 cm³/mol. The molecule has 3 atom stereocenters. The minimum absolute atomic E-state index is 0.0820. The van der Waals surface area contributed by atoms with Gasteiger partial charge in [0.1, 0.15) is 6.04 Å². The summed E-state index contributed by atoms with van der Waals surface area (Å²) >= 11 is 2.25. The van der Waals surface area contributed by atoms with Gasteiger partial charge in [-0.25, -0.2) is 9.97 Å². The van der Waals surface area contributed by atoms with Gasteiger partial charge in [0.05, 0.1) is 17.3 Å². The van der Waals surface area contributed by atoms with E-state index in [1.54, 1.807) is 11.9 Å². The third kappa shape index (κ3) is 7.93. The van der Waals surface area contributed by atoms with Crippen molar-refractivity contribution in [2.75, 3.05) is 56.9 Å². The lowest BCUT2D eigenvalue weighted by atomic mass is 10.0. The maximum Gasteiger partial charge on any atom is 0.274 e. The van der Waals surface area contributed by atoms with Crippen molar-refractivity contribution < 1.29 is 9.59 Å². The maximum atomic E-state index is 13.0. The summed E-state index contributed by atoms with van der Waals surface area (Å²) in [6, 6.07) is 10.3. The van der Waals surface area contributed by atoms with Gasteiger partial charge in [0.15, 0.2) is 17.3 Å². The van der Waals surface area contributed by atoms with E-state index in [2.05, 4.69) is 74.4 Å². The number of halogens is 1. The number of anilines is 2. The summed E-state index contributed by atoms with van der Waals surface area (Å²) in [5.41, 5.74) is 9.02. The zero-order chi connectivity index (χ0) is 31.1. The number of nitriles is 1. The number of nitrogens with zero attached hydrogens (tertiary/aromatic N) is 7. The third-order valence-electron chi connectivity index (χ3n) is 8.71. The Bertz CT molecular complexity index is 1320. The van der Waals surface area contributed by atoms with Crippen molar-refractivity contribution in [1.29, 1.82) is 5.26 Å². The lowest BCUT2D eigenvalue weighted by Gasteiger charge is -2.45. The summed E-state index contributed by atoms with van der Waals surface area (Å²) in [7, 11) is 1.73. The van der Waals surface area contributed by atoms with Crippen LogP contribution in [0.15, 0.2) is 24.3 Å². The van der Waals surface area contributed by atoms with Crippen molar-refractivity contribution in [1.82, 2.24) is 30.0 Å². The number of aromatic nitrogens is 2. The molecule has 2 saturated heterocycles. The molecule has 1 aromatic heterocycles. The van der Waals surface area contributed by atoms with Crippen LogP contribution >= 0.6 is 22.6 Å². The van der Waals surface area contributed by atoms with Crippen LogP contribution in [0.5, 0.6) is 0 Å². The molecule has 3 N–H and O–H groups in total. The minimum atomic E-state index is -0.554. The van der Waals surface area contributed by atoms with E-state index in [4.69, 9.17) is 16.0 Å². The highest BCUT2D eigenvalue weighted by atomic mass is 127. The SMILES string of the molecule is CC[C@H]1CN(c2nc(N)c(C(=O)N[C@H]3CCN(C)C3=O)nc2CI)CCN1C(C)CCN(CC)Cc1ccc(C#N)cc1. The number of alkyl halides is 1. The van der Waals surface area contributed by atoms with Crippen LogP contribution in [-0.2, 0) is 15.8 Å². The van der Waals surface area contributed by atoms with Gasteiger partial charge in [-0.2, -0.15) is 5.26 Å². The summed E-state index contributed by atoms with van der Waals surface area (Å²) < 4.78 is 0.589. The van der Waals surface area contributed by atoms with Gasteiger partial charge in [0.2, 0.25) is 5.91 Å². The monoisotopic (exact) mass is 701 g/mol. The van der Waals surface area contributed by atoms with Crippen LogP contribution in [0.4, 0.5) is 11.6 Å². The summed E-state index contributed by atoms with van der Waals surface area (Å²) in [6.45, 7) is 12.7. The van der Waals surface area contributed by atoms with Gasteiger partial charge in [0, 0.05) is 56.3 Å². The van der Waals surface area contributed by atoms with Gasteiger partial charge in [0.25, 0.3) is 5.91 Å². The van der Waals surface area contributed by atoms with E-state index in [0.29, 0.717) is 35.0 Å². The first-order chi connectivity index (χ1) is 20.7. The summed E-state index contributed by atoms with van der Waals surface area (Å²) in [5.74, 6) is 0.273. The lowest BCUT2D eigenvalue weighted by molar-refractivity contribution is -0.128. The van der Waals surface area contributed by atoms with Gasteiger partial charge < -0.3 is 20.9 Å². The molecule has 232 valence electrons. The Morgan fingerprint density at radius 3 is 2.58 bits per heavy atom. The van der Waals surface area contributed by atoms with Gasteiger partial charge in [-0.3, -0.25) is 19.4 Å². The molecule has 0 radical (unpaired) electrons. The third-order valence-corrected chi connectivity index (χ3v) is 9.44. The number of carbonyl (C=O) groups excluding carboxylic acids is 2. The Labute approximate surface area is 268 Å². The number of hydrogen-bond donors (Lipinski definition) is 2. The molecular formula is C31H44IN9O2. The summed E-state index contributed by atoms with van der Waals surface area (Å²) in [6.07, 6.45) is 2.65. The lowest BCUT2D eigenvalue weighted by Crippen LogP contribution is -2.56. The standard InChI is InChI=1S/C31H44IN9O2/c1-5-24-20-40(15-16-41(24)21(3)11-14-39(6-2)19-23-9-7-22(18-33)8-10-23)29-26(17-32)35-27(28(34)37-29)30(42)36-25-12-13-38(4)31(25)43/h7-10,21,24-25H,5-6,11-17,19-20H2,1-4H3,(H2,34,37)(H,36,42)/t21?,24-,25-/m0/s1. The van der Waals surface area contributed by atoms with E-state index in [1.807, 2.05) is 24.3 Å². The van der Waals surface area contributed by atoms with E-state index >= 15 is 0 Å². The fourth-order valence-electron chi connectivity index (χ4n) is 6.00. The second-order valence-electron chi connectivity index (χ2n) is 11.5. The van der Waals surface area contributed by atoms with Crippen LogP contribution < -0.4 is 16.0 Å². The molecule has 0 spiro atoms.